The summed E-state index contributed by atoms with van der Waals surface area (Å²) in [6.45, 7) is 1.26. The molecule has 0 amide bonds. The normalized spacial score (nSPS) is 10.9. The number of thiophene rings is 1. The van der Waals surface area contributed by atoms with E-state index in [1.807, 2.05) is 18.2 Å². The van der Waals surface area contributed by atoms with Gasteiger partial charge in [0.25, 0.3) is 5.56 Å². The van der Waals surface area contributed by atoms with Crippen molar-refractivity contribution < 1.29 is 19.1 Å². The Labute approximate surface area is 163 Å². The van der Waals surface area contributed by atoms with Crippen LogP contribution in [0.15, 0.2) is 59.4 Å². The molecule has 0 N–H and O–H groups in total. The van der Waals surface area contributed by atoms with Gasteiger partial charge in [0.1, 0.15) is 4.83 Å². The standard InChI is InChI=1S/C21H15NO5S/c1-12(23)27-17-16-14-10-6-7-11-15(14)19(24)22(13-8-4-3-5-9-13)20(16)28-18(17)21(25)26-2/h3-11H,1-2H3. The Morgan fingerprint density at radius 3 is 2.25 bits per heavy atom. The Balaban J connectivity index is 2.25. The van der Waals surface area contributed by atoms with Crippen molar-refractivity contribution in [3.05, 3.63) is 69.8 Å². The number of nitrogens with zero attached hydrogens (tertiary/aromatic N) is 1. The SMILES string of the molecule is COC(=O)c1sc2c(c1OC(C)=O)c1ccccc1c(=O)n2-c1ccccc1. The molecule has 0 bridgehead atoms. The summed E-state index contributed by atoms with van der Waals surface area (Å²) in [6.07, 6.45) is 0. The largest absolute Gasteiger partial charge is 0.465 e. The average molecular weight is 393 g/mol. The maximum absolute atomic E-state index is 13.3. The van der Waals surface area contributed by atoms with Crippen LogP contribution in [-0.2, 0) is 9.53 Å². The number of fused-ring (bicyclic) bond motifs is 3. The predicted molar refractivity (Wildman–Crippen MR) is 108 cm³/mol. The van der Waals surface area contributed by atoms with Crippen molar-refractivity contribution in [3.8, 4) is 11.4 Å². The number of esters is 2. The summed E-state index contributed by atoms with van der Waals surface area (Å²) < 4.78 is 11.8. The molecule has 0 aliphatic carbocycles. The molecule has 0 aliphatic heterocycles. The Hall–Kier alpha value is -3.45. The first kappa shape index (κ1) is 17.9. The maximum atomic E-state index is 13.3. The van der Waals surface area contributed by atoms with Crippen LogP contribution in [0.3, 0.4) is 0 Å². The van der Waals surface area contributed by atoms with Gasteiger partial charge < -0.3 is 9.47 Å². The molecule has 0 aliphatic rings. The van der Waals surface area contributed by atoms with Gasteiger partial charge in [-0.1, -0.05) is 36.4 Å². The zero-order valence-corrected chi connectivity index (χ0v) is 15.9. The number of ether oxygens (including phenoxy) is 2. The van der Waals surface area contributed by atoms with Gasteiger partial charge in [0.05, 0.1) is 18.2 Å². The van der Waals surface area contributed by atoms with Gasteiger partial charge in [-0.05, 0) is 18.2 Å². The lowest BCUT2D eigenvalue weighted by atomic mass is 10.1. The summed E-state index contributed by atoms with van der Waals surface area (Å²) in [4.78, 5) is 38.0. The Morgan fingerprint density at radius 2 is 1.61 bits per heavy atom. The van der Waals surface area contributed by atoms with E-state index in [2.05, 4.69) is 0 Å². The van der Waals surface area contributed by atoms with Gasteiger partial charge in [0.2, 0.25) is 0 Å². The average Bonchev–Trinajstić information content (AvgIpc) is 3.06. The molecule has 0 unspecified atom stereocenters. The zero-order chi connectivity index (χ0) is 19.8. The number of hydrogen-bond donors (Lipinski definition) is 0. The second kappa shape index (κ2) is 6.94. The van der Waals surface area contributed by atoms with Gasteiger partial charge in [-0.3, -0.25) is 14.2 Å². The number of methoxy groups -OCH3 is 1. The minimum atomic E-state index is -0.631. The molecule has 0 fully saturated rings. The summed E-state index contributed by atoms with van der Waals surface area (Å²) in [6, 6.07) is 16.2. The molecular formula is C21H15NO5S. The minimum Gasteiger partial charge on any atom is -0.465 e. The predicted octanol–water partition coefficient (Wildman–Crippen LogP) is 3.92. The first-order chi connectivity index (χ1) is 13.5. The van der Waals surface area contributed by atoms with Crippen LogP contribution in [0.2, 0.25) is 0 Å². The summed E-state index contributed by atoms with van der Waals surface area (Å²) >= 11 is 1.06. The molecule has 2 heterocycles. The van der Waals surface area contributed by atoms with Crippen molar-refractivity contribution in [2.24, 2.45) is 0 Å². The van der Waals surface area contributed by atoms with Crippen LogP contribution in [0.1, 0.15) is 16.6 Å². The number of para-hydroxylation sites is 1. The third-order valence-electron chi connectivity index (χ3n) is 4.31. The highest BCUT2D eigenvalue weighted by Crippen LogP contribution is 2.42. The van der Waals surface area contributed by atoms with Gasteiger partial charge in [-0.25, -0.2) is 4.79 Å². The van der Waals surface area contributed by atoms with E-state index in [-0.39, 0.29) is 16.2 Å². The van der Waals surface area contributed by atoms with Gasteiger partial charge in [0.15, 0.2) is 10.6 Å². The number of carbonyl (C=O) groups excluding carboxylic acids is 2. The number of hydrogen-bond acceptors (Lipinski definition) is 6. The van der Waals surface area contributed by atoms with E-state index in [1.165, 1.54) is 18.6 Å². The third kappa shape index (κ3) is 2.76. The van der Waals surface area contributed by atoms with Crippen LogP contribution >= 0.6 is 11.3 Å². The Kier molecular flexibility index (Phi) is 4.44. The summed E-state index contributed by atoms with van der Waals surface area (Å²) in [5.74, 6) is -1.08. The molecule has 4 aromatic rings. The highest BCUT2D eigenvalue weighted by molar-refractivity contribution is 7.21. The highest BCUT2D eigenvalue weighted by Gasteiger charge is 2.27. The van der Waals surface area contributed by atoms with Crippen molar-refractivity contribution in [2.75, 3.05) is 7.11 Å². The molecule has 2 aromatic heterocycles. The minimum absolute atomic E-state index is 0.111. The lowest BCUT2D eigenvalue weighted by Crippen LogP contribution is -2.18. The zero-order valence-electron chi connectivity index (χ0n) is 15.1. The fourth-order valence-corrected chi connectivity index (χ4v) is 4.36. The van der Waals surface area contributed by atoms with Crippen LogP contribution in [0.5, 0.6) is 5.75 Å². The van der Waals surface area contributed by atoms with Gasteiger partial charge in [0, 0.05) is 17.7 Å². The van der Waals surface area contributed by atoms with Gasteiger partial charge in [-0.15, -0.1) is 11.3 Å². The van der Waals surface area contributed by atoms with Crippen LogP contribution in [0.4, 0.5) is 0 Å². The van der Waals surface area contributed by atoms with E-state index in [0.29, 0.717) is 26.7 Å². The molecule has 28 heavy (non-hydrogen) atoms. The highest BCUT2D eigenvalue weighted by atomic mass is 32.1. The molecule has 2 aromatic carbocycles. The number of carbonyl (C=O) groups is 2. The number of rotatable bonds is 3. The molecule has 7 heteroatoms. The lowest BCUT2D eigenvalue weighted by molar-refractivity contribution is -0.131. The first-order valence-electron chi connectivity index (χ1n) is 8.45. The van der Waals surface area contributed by atoms with Crippen LogP contribution in [0, 0.1) is 0 Å². The van der Waals surface area contributed by atoms with Crippen LogP contribution < -0.4 is 10.3 Å². The molecule has 0 spiro atoms. The monoisotopic (exact) mass is 393 g/mol. The molecule has 0 saturated carbocycles. The Bertz CT molecular complexity index is 1290. The number of aromatic nitrogens is 1. The second-order valence-corrected chi connectivity index (χ2v) is 7.05. The first-order valence-corrected chi connectivity index (χ1v) is 9.27. The Morgan fingerprint density at radius 1 is 0.964 bits per heavy atom. The summed E-state index contributed by atoms with van der Waals surface area (Å²) in [7, 11) is 1.26. The molecule has 140 valence electrons. The second-order valence-electron chi connectivity index (χ2n) is 6.05. The molecule has 6 nitrogen and oxygen atoms in total. The van der Waals surface area contributed by atoms with Gasteiger partial charge in [-0.2, -0.15) is 0 Å². The topological polar surface area (TPSA) is 74.6 Å². The molecular weight excluding hydrogens is 378 g/mol. The van der Waals surface area contributed by atoms with E-state index >= 15 is 0 Å². The van der Waals surface area contributed by atoms with E-state index in [1.54, 1.807) is 36.4 Å². The van der Waals surface area contributed by atoms with Crippen molar-refractivity contribution in [1.82, 2.24) is 4.57 Å². The van der Waals surface area contributed by atoms with E-state index in [4.69, 9.17) is 9.47 Å². The smallest absolute Gasteiger partial charge is 0.352 e. The molecule has 0 atom stereocenters. The fourth-order valence-electron chi connectivity index (χ4n) is 3.18. The summed E-state index contributed by atoms with van der Waals surface area (Å²) in [5.41, 5.74) is 0.427. The third-order valence-corrected chi connectivity index (χ3v) is 5.45. The summed E-state index contributed by atoms with van der Waals surface area (Å²) in [5, 5.41) is 1.60. The quantitative estimate of drug-likeness (QED) is 0.493. The molecule has 0 radical (unpaired) electrons. The fraction of sp³-hybridized carbons (Fsp3) is 0.0952. The van der Waals surface area contributed by atoms with Gasteiger partial charge >= 0.3 is 11.9 Å². The van der Waals surface area contributed by atoms with Crippen molar-refractivity contribution >= 4 is 44.3 Å². The van der Waals surface area contributed by atoms with Crippen molar-refractivity contribution in [3.63, 3.8) is 0 Å². The maximum Gasteiger partial charge on any atom is 0.352 e. The lowest BCUT2D eigenvalue weighted by Gasteiger charge is -2.11. The van der Waals surface area contributed by atoms with Crippen LogP contribution in [-0.4, -0.2) is 23.6 Å². The van der Waals surface area contributed by atoms with Crippen molar-refractivity contribution in [2.45, 2.75) is 6.92 Å². The van der Waals surface area contributed by atoms with E-state index in [9.17, 15) is 14.4 Å². The number of pyridine rings is 1. The number of benzene rings is 2. The molecule has 0 saturated heterocycles. The molecule has 4 rings (SSSR count). The van der Waals surface area contributed by atoms with Crippen molar-refractivity contribution in [1.29, 1.82) is 0 Å². The van der Waals surface area contributed by atoms with E-state index < -0.39 is 11.9 Å². The van der Waals surface area contributed by atoms with E-state index in [0.717, 1.165) is 11.3 Å². The van der Waals surface area contributed by atoms with Crippen LogP contribution in [0.25, 0.3) is 26.7 Å².